The summed E-state index contributed by atoms with van der Waals surface area (Å²) in [7, 11) is 0. The Morgan fingerprint density at radius 2 is 1.09 bits per heavy atom. The number of furan rings is 2. The molecule has 54 heavy (non-hydrogen) atoms. The second kappa shape index (κ2) is 10.6. The number of para-hydroxylation sites is 3. The topological polar surface area (TPSA) is 31.2 Å². The Kier molecular flexibility index (Phi) is 5.84. The Hall–Kier alpha value is -6.84. The van der Waals surface area contributed by atoms with Crippen LogP contribution in [0.15, 0.2) is 173 Å². The zero-order valence-electron chi connectivity index (χ0n) is 29.9. The highest BCUT2D eigenvalue weighted by atomic mass is 16.3. The minimum absolute atomic E-state index is 0.232. The lowest BCUT2D eigenvalue weighted by atomic mass is 9.80. The molecule has 8 aromatic carbocycles. The molecule has 0 radical (unpaired) electrons. The largest absolute Gasteiger partial charge is 0.456 e. The van der Waals surface area contributed by atoms with E-state index in [0.29, 0.717) is 0 Å². The van der Waals surface area contributed by atoms with Gasteiger partial charge in [-0.15, -0.1) is 0 Å². The van der Waals surface area contributed by atoms with Gasteiger partial charge in [0.1, 0.15) is 22.3 Å². The summed E-state index contributed by atoms with van der Waals surface area (Å²) in [5, 5.41) is 7.12. The molecular weight excluding hydrogens is 659 g/mol. The van der Waals surface area contributed by atoms with E-state index >= 15 is 0 Å². The maximum Gasteiger partial charge on any atom is 0.143 e. The third kappa shape index (κ3) is 3.96. The Morgan fingerprint density at radius 1 is 0.426 bits per heavy atom. The SMILES string of the molecule is CC1(C)c2cc(-n3c4ccc(-c5ccccc5)cc4c4cc(-c5cccc6c5oc5ccccc56)ccc43)ccc2-c2ccc3oc4ccccc4c3c21. The molecule has 0 aliphatic heterocycles. The summed E-state index contributed by atoms with van der Waals surface area (Å²) in [6.07, 6.45) is 0. The van der Waals surface area contributed by atoms with Crippen molar-refractivity contribution < 1.29 is 8.83 Å². The van der Waals surface area contributed by atoms with Crippen LogP contribution in [0.5, 0.6) is 0 Å². The van der Waals surface area contributed by atoms with E-state index in [4.69, 9.17) is 8.83 Å². The van der Waals surface area contributed by atoms with Gasteiger partial charge < -0.3 is 13.4 Å². The average molecular weight is 692 g/mol. The van der Waals surface area contributed by atoms with Crippen molar-refractivity contribution in [1.29, 1.82) is 0 Å². The molecule has 11 aromatic rings. The number of rotatable bonds is 3. The highest BCUT2D eigenvalue weighted by Gasteiger charge is 2.38. The fraction of sp³-hybridized carbons (Fsp3) is 0.0588. The van der Waals surface area contributed by atoms with Gasteiger partial charge in [0.25, 0.3) is 0 Å². The minimum atomic E-state index is -0.232. The second-order valence-corrected chi connectivity index (χ2v) is 15.3. The molecule has 3 nitrogen and oxygen atoms in total. The Morgan fingerprint density at radius 3 is 1.91 bits per heavy atom. The van der Waals surface area contributed by atoms with Gasteiger partial charge >= 0.3 is 0 Å². The summed E-state index contributed by atoms with van der Waals surface area (Å²) in [5.41, 5.74) is 16.9. The van der Waals surface area contributed by atoms with E-state index in [2.05, 4.69) is 170 Å². The van der Waals surface area contributed by atoms with Gasteiger partial charge in [0, 0.05) is 49.0 Å². The Bertz CT molecular complexity index is 3350. The maximum absolute atomic E-state index is 6.51. The predicted molar refractivity (Wildman–Crippen MR) is 224 cm³/mol. The lowest BCUT2D eigenvalue weighted by Gasteiger charge is -2.23. The lowest BCUT2D eigenvalue weighted by molar-refractivity contribution is 0.656. The molecule has 3 aromatic heterocycles. The van der Waals surface area contributed by atoms with E-state index in [1.165, 1.54) is 66.0 Å². The molecule has 1 aliphatic rings. The number of hydrogen-bond acceptors (Lipinski definition) is 2. The summed E-state index contributed by atoms with van der Waals surface area (Å²) >= 11 is 0. The average Bonchev–Trinajstić information content (AvgIpc) is 3.94. The van der Waals surface area contributed by atoms with Crippen LogP contribution in [0.25, 0.3) is 105 Å². The molecular formula is C51H33NO2. The molecule has 0 spiro atoms. The fourth-order valence-corrected chi connectivity index (χ4v) is 9.50. The van der Waals surface area contributed by atoms with Gasteiger partial charge in [-0.25, -0.2) is 0 Å². The molecule has 0 atom stereocenters. The normalized spacial score (nSPS) is 13.5. The van der Waals surface area contributed by atoms with E-state index in [9.17, 15) is 0 Å². The first-order valence-electron chi connectivity index (χ1n) is 18.7. The molecule has 3 heterocycles. The lowest BCUT2D eigenvalue weighted by Crippen LogP contribution is -2.15. The van der Waals surface area contributed by atoms with Crippen LogP contribution in [0, 0.1) is 0 Å². The van der Waals surface area contributed by atoms with E-state index in [1.54, 1.807) is 0 Å². The van der Waals surface area contributed by atoms with Crippen LogP contribution in [0.1, 0.15) is 25.0 Å². The van der Waals surface area contributed by atoms with E-state index in [1.807, 2.05) is 12.1 Å². The number of benzene rings is 8. The van der Waals surface area contributed by atoms with Crippen molar-refractivity contribution in [3.05, 3.63) is 175 Å². The number of aromatic nitrogens is 1. The van der Waals surface area contributed by atoms with Crippen molar-refractivity contribution in [2.45, 2.75) is 19.3 Å². The van der Waals surface area contributed by atoms with Crippen molar-refractivity contribution in [2.24, 2.45) is 0 Å². The molecule has 0 unspecified atom stereocenters. The highest BCUT2D eigenvalue weighted by Crippen LogP contribution is 2.54. The molecule has 0 amide bonds. The summed E-state index contributed by atoms with van der Waals surface area (Å²) in [4.78, 5) is 0. The molecule has 0 saturated carbocycles. The van der Waals surface area contributed by atoms with Crippen LogP contribution in [-0.2, 0) is 5.41 Å². The molecule has 1 aliphatic carbocycles. The summed E-state index contributed by atoms with van der Waals surface area (Å²) in [5.74, 6) is 0. The molecule has 0 saturated heterocycles. The first kappa shape index (κ1) is 29.7. The van der Waals surface area contributed by atoms with Gasteiger partial charge in [-0.2, -0.15) is 0 Å². The van der Waals surface area contributed by atoms with Crippen LogP contribution >= 0.6 is 0 Å². The van der Waals surface area contributed by atoms with Crippen molar-refractivity contribution >= 4 is 65.7 Å². The first-order valence-corrected chi connectivity index (χ1v) is 18.7. The monoisotopic (exact) mass is 691 g/mol. The van der Waals surface area contributed by atoms with Crippen molar-refractivity contribution in [3.63, 3.8) is 0 Å². The fourth-order valence-electron chi connectivity index (χ4n) is 9.50. The highest BCUT2D eigenvalue weighted by molar-refractivity contribution is 6.15. The van der Waals surface area contributed by atoms with Crippen LogP contribution in [0.3, 0.4) is 0 Å². The standard InChI is InChI=1S/C51H33NO2/c1-51(2)42-29-33(21-22-35(42)37-23-26-47-48(49(37)51)39-14-7-9-18-46(39)53-47)52-43-24-19-31(30-11-4-3-5-12-30)27-40(43)41-28-32(20-25-44(41)52)34-15-10-16-38-36-13-6-8-17-45(36)54-50(34)38/h3-29H,1-2H3. The van der Waals surface area contributed by atoms with Crippen LogP contribution in [0.2, 0.25) is 0 Å². The zero-order valence-corrected chi connectivity index (χ0v) is 29.9. The zero-order chi connectivity index (χ0) is 35.7. The molecule has 0 N–H and O–H groups in total. The van der Waals surface area contributed by atoms with Gasteiger partial charge in [-0.1, -0.05) is 123 Å². The Labute approximate surface area is 311 Å². The predicted octanol–water partition coefficient (Wildman–Crippen LogP) is 14.2. The minimum Gasteiger partial charge on any atom is -0.456 e. The van der Waals surface area contributed by atoms with Crippen LogP contribution in [0.4, 0.5) is 0 Å². The smallest absolute Gasteiger partial charge is 0.143 e. The summed E-state index contributed by atoms with van der Waals surface area (Å²) in [6.45, 7) is 4.73. The van der Waals surface area contributed by atoms with Gasteiger partial charge in [0.05, 0.1) is 11.0 Å². The molecule has 12 rings (SSSR count). The van der Waals surface area contributed by atoms with E-state index in [-0.39, 0.29) is 5.41 Å². The van der Waals surface area contributed by atoms with Gasteiger partial charge in [0.15, 0.2) is 0 Å². The number of hydrogen-bond donors (Lipinski definition) is 0. The third-order valence-electron chi connectivity index (χ3n) is 12.0. The van der Waals surface area contributed by atoms with E-state index in [0.717, 1.165) is 49.9 Å². The van der Waals surface area contributed by atoms with Gasteiger partial charge in [0.2, 0.25) is 0 Å². The maximum atomic E-state index is 6.51. The quantitative estimate of drug-likeness (QED) is 0.185. The summed E-state index contributed by atoms with van der Waals surface area (Å²) < 4.78 is 15.3. The van der Waals surface area contributed by atoms with Gasteiger partial charge in [-0.3, -0.25) is 0 Å². The van der Waals surface area contributed by atoms with Gasteiger partial charge in [-0.05, 0) is 93.5 Å². The first-order chi connectivity index (χ1) is 26.5. The van der Waals surface area contributed by atoms with Crippen molar-refractivity contribution in [1.82, 2.24) is 4.57 Å². The third-order valence-corrected chi connectivity index (χ3v) is 12.0. The molecule has 0 fully saturated rings. The van der Waals surface area contributed by atoms with Crippen molar-refractivity contribution in [3.8, 4) is 39.1 Å². The number of nitrogens with zero attached hydrogens (tertiary/aromatic N) is 1. The number of fused-ring (bicyclic) bond motifs is 13. The molecule has 3 heteroatoms. The van der Waals surface area contributed by atoms with Crippen LogP contribution in [-0.4, -0.2) is 4.57 Å². The second-order valence-electron chi connectivity index (χ2n) is 15.3. The van der Waals surface area contributed by atoms with Crippen molar-refractivity contribution in [2.75, 3.05) is 0 Å². The Balaban J connectivity index is 1.09. The molecule has 254 valence electrons. The molecule has 0 bridgehead atoms. The summed E-state index contributed by atoms with van der Waals surface area (Å²) in [6, 6.07) is 59.2. The van der Waals surface area contributed by atoms with Crippen LogP contribution < -0.4 is 0 Å². The van der Waals surface area contributed by atoms with E-state index < -0.39 is 0 Å².